The first-order chi connectivity index (χ1) is 9.24. The summed E-state index contributed by atoms with van der Waals surface area (Å²) >= 11 is 1.66. The lowest BCUT2D eigenvalue weighted by atomic mass is 10.1. The first kappa shape index (κ1) is 12.2. The molecule has 96 valence electrons. The second kappa shape index (κ2) is 5.02. The van der Waals surface area contributed by atoms with Crippen molar-refractivity contribution in [3.63, 3.8) is 0 Å². The summed E-state index contributed by atoms with van der Waals surface area (Å²) in [5.74, 6) is 0.472. The van der Waals surface area contributed by atoms with Gasteiger partial charge in [0.25, 0.3) is 0 Å². The average Bonchev–Trinajstić information content (AvgIpc) is 2.88. The van der Waals surface area contributed by atoms with Gasteiger partial charge in [-0.15, -0.1) is 11.3 Å². The van der Waals surface area contributed by atoms with Gasteiger partial charge in [0.15, 0.2) is 5.13 Å². The molecule has 0 aliphatic carbocycles. The fourth-order valence-electron chi connectivity index (χ4n) is 2.06. The van der Waals surface area contributed by atoms with Crippen LogP contribution in [0.3, 0.4) is 0 Å². The molecule has 19 heavy (non-hydrogen) atoms. The number of benzene rings is 2. The molecule has 3 rings (SSSR count). The zero-order valence-corrected chi connectivity index (χ0v) is 11.9. The number of hydrogen-bond acceptors (Lipinski definition) is 3. The van der Waals surface area contributed by atoms with Gasteiger partial charge in [-0.05, 0) is 17.4 Å². The lowest BCUT2D eigenvalue weighted by Gasteiger charge is -2.07. The van der Waals surface area contributed by atoms with E-state index in [1.54, 1.807) is 11.3 Å². The number of thiazole rings is 1. The van der Waals surface area contributed by atoms with Gasteiger partial charge in [0.2, 0.25) is 0 Å². The van der Waals surface area contributed by atoms with Gasteiger partial charge in [-0.25, -0.2) is 4.98 Å². The predicted octanol–water partition coefficient (Wildman–Crippen LogP) is 5.16. The molecule has 0 spiro atoms. The molecule has 2 nitrogen and oxygen atoms in total. The summed E-state index contributed by atoms with van der Waals surface area (Å²) < 4.78 is 0. The Hall–Kier alpha value is -1.87. The highest BCUT2D eigenvalue weighted by atomic mass is 32.1. The van der Waals surface area contributed by atoms with Crippen molar-refractivity contribution in [2.75, 3.05) is 5.32 Å². The minimum Gasteiger partial charge on any atom is -0.331 e. The molecule has 0 bridgehead atoms. The summed E-state index contributed by atoms with van der Waals surface area (Å²) in [6.45, 7) is 4.33. The van der Waals surface area contributed by atoms with Gasteiger partial charge in [-0.1, -0.05) is 50.2 Å². The van der Waals surface area contributed by atoms with E-state index in [1.807, 2.05) is 0 Å². The monoisotopic (exact) mass is 268 g/mol. The van der Waals surface area contributed by atoms with Crippen LogP contribution >= 0.6 is 11.3 Å². The normalized spacial score (nSPS) is 11.1. The Balaban J connectivity index is 1.96. The largest absolute Gasteiger partial charge is 0.331 e. The lowest BCUT2D eigenvalue weighted by molar-refractivity contribution is 0.834. The van der Waals surface area contributed by atoms with Crippen molar-refractivity contribution in [3.05, 3.63) is 53.5 Å². The van der Waals surface area contributed by atoms with Gasteiger partial charge < -0.3 is 5.32 Å². The summed E-state index contributed by atoms with van der Waals surface area (Å²) in [6, 6.07) is 14.7. The Bertz CT molecular complexity index is 695. The van der Waals surface area contributed by atoms with Crippen LogP contribution in [0.5, 0.6) is 0 Å². The molecule has 0 amide bonds. The predicted molar refractivity (Wildman–Crippen MR) is 83.4 cm³/mol. The average molecular weight is 268 g/mol. The van der Waals surface area contributed by atoms with E-state index < -0.39 is 0 Å². The molecule has 0 saturated carbocycles. The van der Waals surface area contributed by atoms with Crippen LogP contribution in [0.1, 0.15) is 25.5 Å². The first-order valence-electron chi connectivity index (χ1n) is 6.44. The van der Waals surface area contributed by atoms with E-state index in [-0.39, 0.29) is 0 Å². The SMILES string of the molecule is CC(C)c1csc(Nc2cccc3ccccc23)n1. The van der Waals surface area contributed by atoms with Crippen LogP contribution in [0.2, 0.25) is 0 Å². The summed E-state index contributed by atoms with van der Waals surface area (Å²) in [7, 11) is 0. The molecular formula is C16H16N2S. The van der Waals surface area contributed by atoms with Crippen molar-refractivity contribution in [1.82, 2.24) is 4.98 Å². The fourth-order valence-corrected chi connectivity index (χ4v) is 2.94. The topological polar surface area (TPSA) is 24.9 Å². The minimum atomic E-state index is 0.472. The van der Waals surface area contributed by atoms with Gasteiger partial charge in [0, 0.05) is 16.5 Å². The molecule has 0 aliphatic heterocycles. The van der Waals surface area contributed by atoms with Crippen molar-refractivity contribution in [2.45, 2.75) is 19.8 Å². The van der Waals surface area contributed by atoms with Gasteiger partial charge in [0.05, 0.1) is 5.69 Å². The Kier molecular flexibility index (Phi) is 3.22. The zero-order valence-electron chi connectivity index (χ0n) is 11.1. The molecule has 0 atom stereocenters. The molecule has 2 aromatic carbocycles. The lowest BCUT2D eigenvalue weighted by Crippen LogP contribution is -1.92. The van der Waals surface area contributed by atoms with Crippen LogP contribution in [-0.2, 0) is 0 Å². The maximum absolute atomic E-state index is 4.62. The molecule has 0 fully saturated rings. The maximum Gasteiger partial charge on any atom is 0.187 e. The second-order valence-electron chi connectivity index (χ2n) is 4.88. The first-order valence-corrected chi connectivity index (χ1v) is 7.32. The minimum absolute atomic E-state index is 0.472. The van der Waals surface area contributed by atoms with E-state index in [4.69, 9.17) is 0 Å². The van der Waals surface area contributed by atoms with Crippen LogP contribution in [0.15, 0.2) is 47.8 Å². The van der Waals surface area contributed by atoms with E-state index in [0.29, 0.717) is 5.92 Å². The number of nitrogens with zero attached hydrogens (tertiary/aromatic N) is 1. The molecule has 3 heteroatoms. The number of aromatic nitrogens is 1. The highest BCUT2D eigenvalue weighted by Gasteiger charge is 2.07. The number of fused-ring (bicyclic) bond motifs is 1. The molecule has 1 heterocycles. The van der Waals surface area contributed by atoms with Gasteiger partial charge in [-0.3, -0.25) is 0 Å². The van der Waals surface area contributed by atoms with Crippen molar-refractivity contribution in [3.8, 4) is 0 Å². The fraction of sp³-hybridized carbons (Fsp3) is 0.188. The molecule has 1 N–H and O–H groups in total. The van der Waals surface area contributed by atoms with Crippen molar-refractivity contribution in [1.29, 1.82) is 0 Å². The standard InChI is InChI=1S/C16H16N2S/c1-11(2)15-10-19-16(18-15)17-14-9-5-7-12-6-3-4-8-13(12)14/h3-11H,1-2H3,(H,17,18). The number of hydrogen-bond donors (Lipinski definition) is 1. The van der Waals surface area contributed by atoms with Crippen LogP contribution < -0.4 is 5.32 Å². The third-order valence-electron chi connectivity index (χ3n) is 3.14. The summed E-state index contributed by atoms with van der Waals surface area (Å²) in [5.41, 5.74) is 2.26. The Morgan fingerprint density at radius 3 is 2.63 bits per heavy atom. The van der Waals surface area contributed by atoms with Gasteiger partial charge in [0.1, 0.15) is 0 Å². The molecule has 3 aromatic rings. The quantitative estimate of drug-likeness (QED) is 0.709. The van der Waals surface area contributed by atoms with Crippen molar-refractivity contribution < 1.29 is 0 Å². The van der Waals surface area contributed by atoms with Crippen LogP contribution in [0, 0.1) is 0 Å². The molecule has 0 saturated heterocycles. The van der Waals surface area contributed by atoms with E-state index in [2.05, 4.69) is 72.0 Å². The molecule has 0 radical (unpaired) electrons. The molecular weight excluding hydrogens is 252 g/mol. The maximum atomic E-state index is 4.62. The zero-order chi connectivity index (χ0) is 13.2. The number of anilines is 2. The molecule has 0 unspecified atom stereocenters. The molecule has 1 aromatic heterocycles. The third-order valence-corrected chi connectivity index (χ3v) is 3.92. The number of rotatable bonds is 3. The highest BCUT2D eigenvalue weighted by molar-refractivity contribution is 7.13. The van der Waals surface area contributed by atoms with E-state index in [0.717, 1.165) is 16.5 Å². The summed E-state index contributed by atoms with van der Waals surface area (Å²) in [4.78, 5) is 4.62. The second-order valence-corrected chi connectivity index (χ2v) is 5.74. The van der Waals surface area contributed by atoms with Crippen LogP contribution in [-0.4, -0.2) is 4.98 Å². The van der Waals surface area contributed by atoms with E-state index in [9.17, 15) is 0 Å². The van der Waals surface area contributed by atoms with Crippen molar-refractivity contribution in [2.24, 2.45) is 0 Å². The van der Waals surface area contributed by atoms with E-state index >= 15 is 0 Å². The van der Waals surface area contributed by atoms with Crippen LogP contribution in [0.25, 0.3) is 10.8 Å². The number of nitrogens with one attached hydrogen (secondary N) is 1. The summed E-state index contributed by atoms with van der Waals surface area (Å²) in [6.07, 6.45) is 0. The third kappa shape index (κ3) is 2.47. The van der Waals surface area contributed by atoms with Gasteiger partial charge in [-0.2, -0.15) is 0 Å². The Labute approximate surface area is 117 Å². The smallest absolute Gasteiger partial charge is 0.187 e. The van der Waals surface area contributed by atoms with E-state index in [1.165, 1.54) is 10.8 Å². The summed E-state index contributed by atoms with van der Waals surface area (Å²) in [5, 5.41) is 8.98. The Morgan fingerprint density at radius 1 is 1.05 bits per heavy atom. The van der Waals surface area contributed by atoms with Crippen molar-refractivity contribution >= 4 is 32.9 Å². The highest BCUT2D eigenvalue weighted by Crippen LogP contribution is 2.29. The molecule has 0 aliphatic rings. The Morgan fingerprint density at radius 2 is 1.84 bits per heavy atom. The van der Waals surface area contributed by atoms with Crippen LogP contribution in [0.4, 0.5) is 10.8 Å². The van der Waals surface area contributed by atoms with Gasteiger partial charge >= 0.3 is 0 Å².